The zero-order valence-electron chi connectivity index (χ0n) is 10.9. The molecule has 0 spiro atoms. The van der Waals surface area contributed by atoms with E-state index in [0.717, 1.165) is 6.08 Å². The van der Waals surface area contributed by atoms with E-state index in [9.17, 15) is 32.2 Å². The molecule has 2 aliphatic rings. The first-order valence-electron chi connectivity index (χ1n) is 6.21. The smallest absolute Gasteiger partial charge is 0.392 e. The Hall–Kier alpha value is -0.950. The van der Waals surface area contributed by atoms with E-state index in [1.165, 1.54) is 13.8 Å². The third-order valence-electron chi connectivity index (χ3n) is 4.39. The van der Waals surface area contributed by atoms with Crippen molar-refractivity contribution in [2.75, 3.05) is 0 Å². The lowest BCUT2D eigenvalue weighted by Gasteiger charge is -2.45. The van der Waals surface area contributed by atoms with Crippen LogP contribution in [0, 0.1) is 11.8 Å². The van der Waals surface area contributed by atoms with E-state index in [4.69, 9.17) is 0 Å². The fourth-order valence-corrected chi connectivity index (χ4v) is 2.89. The predicted molar refractivity (Wildman–Crippen MR) is 61.1 cm³/mol. The van der Waals surface area contributed by atoms with E-state index in [2.05, 4.69) is 0 Å². The molecular weight excluding hydrogens is 283 g/mol. The number of alkyl halides is 5. The minimum atomic E-state index is -5.58. The molecule has 2 nitrogen and oxygen atoms in total. The van der Waals surface area contributed by atoms with Crippen molar-refractivity contribution in [1.82, 2.24) is 0 Å². The lowest BCUT2D eigenvalue weighted by atomic mass is 9.67. The molecule has 0 radical (unpaired) electrons. The third-order valence-corrected chi connectivity index (χ3v) is 4.39. The van der Waals surface area contributed by atoms with Gasteiger partial charge in [0.05, 0.1) is 6.10 Å². The highest BCUT2D eigenvalue weighted by Gasteiger charge is 2.71. The molecule has 0 heterocycles. The van der Waals surface area contributed by atoms with Crippen LogP contribution in [0.1, 0.15) is 20.3 Å². The maximum Gasteiger partial charge on any atom is 0.432 e. The number of aliphatic hydroxyl groups is 2. The number of halogens is 5. The average molecular weight is 298 g/mol. The summed E-state index contributed by atoms with van der Waals surface area (Å²) >= 11 is 0. The molecule has 0 aromatic rings. The Balaban J connectivity index is 2.58. The molecule has 5 atom stereocenters. The summed E-state index contributed by atoms with van der Waals surface area (Å²) in [6.07, 6.45) is -5.77. The lowest BCUT2D eigenvalue weighted by molar-refractivity contribution is -0.294. The van der Waals surface area contributed by atoms with Crippen molar-refractivity contribution in [1.29, 1.82) is 0 Å². The number of rotatable bonds is 0. The van der Waals surface area contributed by atoms with Crippen LogP contribution in [0.5, 0.6) is 0 Å². The predicted octanol–water partition coefficient (Wildman–Crippen LogP) is 2.82. The molecule has 0 aromatic carbocycles. The molecule has 2 rings (SSSR count). The van der Waals surface area contributed by atoms with Gasteiger partial charge in [-0.3, -0.25) is 0 Å². The second kappa shape index (κ2) is 4.27. The lowest BCUT2D eigenvalue weighted by Crippen LogP contribution is -2.60. The van der Waals surface area contributed by atoms with Gasteiger partial charge in [0, 0.05) is 5.57 Å². The van der Waals surface area contributed by atoms with E-state index >= 15 is 0 Å². The molecule has 0 fully saturated rings. The van der Waals surface area contributed by atoms with Crippen LogP contribution in [-0.4, -0.2) is 34.0 Å². The minimum Gasteiger partial charge on any atom is -0.392 e. The number of aliphatic hydroxyl groups excluding tert-OH is 1. The summed E-state index contributed by atoms with van der Waals surface area (Å²) in [5.41, 5.74) is -5.09. The van der Waals surface area contributed by atoms with Gasteiger partial charge in [-0.15, -0.1) is 0 Å². The fourth-order valence-electron chi connectivity index (χ4n) is 2.89. The van der Waals surface area contributed by atoms with Gasteiger partial charge < -0.3 is 10.2 Å². The van der Waals surface area contributed by atoms with Crippen molar-refractivity contribution in [3.05, 3.63) is 23.3 Å². The maximum absolute atomic E-state index is 14.4. The average Bonchev–Trinajstić information content (AvgIpc) is 2.29. The monoisotopic (exact) mass is 298 g/mol. The molecule has 0 saturated carbocycles. The van der Waals surface area contributed by atoms with Crippen LogP contribution >= 0.6 is 0 Å². The Bertz CT molecular complexity index is 480. The highest BCUT2D eigenvalue weighted by atomic mass is 19.4. The molecular formula is C13H15F5O2. The van der Waals surface area contributed by atoms with Gasteiger partial charge in [0.15, 0.2) is 0 Å². The molecule has 5 unspecified atom stereocenters. The molecule has 0 aromatic heterocycles. The summed E-state index contributed by atoms with van der Waals surface area (Å²) in [6, 6.07) is 0. The van der Waals surface area contributed by atoms with Gasteiger partial charge in [0.25, 0.3) is 11.5 Å². The van der Waals surface area contributed by atoms with Crippen LogP contribution in [0.3, 0.4) is 0 Å². The van der Waals surface area contributed by atoms with Gasteiger partial charge in [-0.25, -0.2) is 8.78 Å². The first-order chi connectivity index (χ1) is 8.93. The summed E-state index contributed by atoms with van der Waals surface area (Å²) in [5, 5.41) is 19.4. The van der Waals surface area contributed by atoms with Crippen molar-refractivity contribution < 1.29 is 32.2 Å². The number of hydrogen-bond donors (Lipinski definition) is 2. The van der Waals surface area contributed by atoms with E-state index < -0.39 is 41.2 Å². The van der Waals surface area contributed by atoms with Crippen LogP contribution in [-0.2, 0) is 0 Å². The van der Waals surface area contributed by atoms with Crippen LogP contribution in [0.15, 0.2) is 23.3 Å². The van der Waals surface area contributed by atoms with E-state index in [1.807, 2.05) is 0 Å². The zero-order chi connectivity index (χ0) is 15.5. The van der Waals surface area contributed by atoms with Crippen molar-refractivity contribution >= 4 is 0 Å². The van der Waals surface area contributed by atoms with Gasteiger partial charge >= 0.3 is 6.18 Å². The quantitative estimate of drug-likeness (QED) is 0.675. The van der Waals surface area contributed by atoms with Crippen molar-refractivity contribution in [3.8, 4) is 0 Å². The summed E-state index contributed by atoms with van der Waals surface area (Å²) in [5.74, 6) is -5.66. The second-order valence-electron chi connectivity index (χ2n) is 5.52. The van der Waals surface area contributed by atoms with Crippen molar-refractivity contribution in [2.24, 2.45) is 11.8 Å². The van der Waals surface area contributed by atoms with Gasteiger partial charge in [-0.2, -0.15) is 13.2 Å². The van der Waals surface area contributed by atoms with Crippen molar-refractivity contribution in [3.63, 3.8) is 0 Å². The Morgan fingerprint density at radius 3 is 2.30 bits per heavy atom. The topological polar surface area (TPSA) is 40.5 Å². The van der Waals surface area contributed by atoms with E-state index in [-0.39, 0.29) is 18.1 Å². The largest absolute Gasteiger partial charge is 0.432 e. The molecule has 20 heavy (non-hydrogen) atoms. The third kappa shape index (κ3) is 1.83. The Morgan fingerprint density at radius 1 is 1.25 bits per heavy atom. The van der Waals surface area contributed by atoms with Crippen LogP contribution in [0.25, 0.3) is 0 Å². The summed E-state index contributed by atoms with van der Waals surface area (Å²) in [4.78, 5) is 0. The Morgan fingerprint density at radius 2 is 1.80 bits per heavy atom. The number of allylic oxidation sites excluding steroid dienone is 1. The molecule has 7 heteroatoms. The molecule has 0 bridgehead atoms. The van der Waals surface area contributed by atoms with Gasteiger partial charge in [0.1, 0.15) is 0 Å². The Labute approximate surface area is 112 Å². The standard InChI is InChI=1S/C13H15F5O2/c1-6-7(2)10-8(5-9(6)19)3-4-11(14,12(10,15)20)13(16,17)18/h3-4,6-7,9,19-20H,5H2,1-2H3. The zero-order valence-corrected chi connectivity index (χ0v) is 10.9. The van der Waals surface area contributed by atoms with E-state index in [0.29, 0.717) is 0 Å². The fraction of sp³-hybridized carbons (Fsp3) is 0.692. The molecule has 2 N–H and O–H groups in total. The SMILES string of the molecule is CC1C2=C(C=CC(F)(C(F)(F)F)C2(O)F)CC(O)C1C. The highest BCUT2D eigenvalue weighted by Crippen LogP contribution is 2.55. The normalized spacial score (nSPS) is 45.5. The summed E-state index contributed by atoms with van der Waals surface area (Å²) < 4.78 is 66.8. The molecule has 0 saturated heterocycles. The van der Waals surface area contributed by atoms with Crippen LogP contribution < -0.4 is 0 Å². The Kier molecular flexibility index (Phi) is 3.30. The first-order valence-corrected chi connectivity index (χ1v) is 6.21. The summed E-state index contributed by atoms with van der Waals surface area (Å²) in [7, 11) is 0. The molecule has 0 aliphatic heterocycles. The maximum atomic E-state index is 14.4. The number of hydrogen-bond acceptors (Lipinski definition) is 2. The summed E-state index contributed by atoms with van der Waals surface area (Å²) in [6.45, 7) is 2.88. The van der Waals surface area contributed by atoms with Gasteiger partial charge in [0.2, 0.25) is 0 Å². The minimum absolute atomic E-state index is 0.0126. The van der Waals surface area contributed by atoms with Crippen LogP contribution in [0.2, 0.25) is 0 Å². The second-order valence-corrected chi connectivity index (χ2v) is 5.52. The van der Waals surface area contributed by atoms with Crippen LogP contribution in [0.4, 0.5) is 22.0 Å². The first kappa shape index (κ1) is 15.4. The molecule has 2 aliphatic carbocycles. The van der Waals surface area contributed by atoms with E-state index in [1.54, 1.807) is 0 Å². The molecule has 0 amide bonds. The highest BCUT2D eigenvalue weighted by molar-refractivity contribution is 5.45. The van der Waals surface area contributed by atoms with Gasteiger partial charge in [-0.1, -0.05) is 19.9 Å². The molecule has 114 valence electrons. The van der Waals surface area contributed by atoms with Gasteiger partial charge in [-0.05, 0) is 29.9 Å². The van der Waals surface area contributed by atoms with Crippen molar-refractivity contribution in [2.45, 2.75) is 44.1 Å².